The average molecular weight is 226 g/mol. The van der Waals surface area contributed by atoms with Crippen molar-refractivity contribution in [2.24, 2.45) is 0 Å². The number of aliphatic hydroxyl groups is 1. The highest BCUT2D eigenvalue weighted by Gasteiger charge is 2.35. The fourth-order valence-corrected chi connectivity index (χ4v) is 1.66. The molecule has 3 nitrogen and oxygen atoms in total. The normalized spacial score (nSPS) is 29.5. The topological polar surface area (TPSA) is 38.7 Å². The Bertz CT molecular complexity index is 317. The van der Waals surface area contributed by atoms with E-state index in [4.69, 9.17) is 9.47 Å². The third-order valence-corrected chi connectivity index (χ3v) is 2.61. The van der Waals surface area contributed by atoms with Crippen molar-refractivity contribution >= 4 is 0 Å². The van der Waals surface area contributed by atoms with E-state index in [1.165, 1.54) is 0 Å². The minimum atomic E-state index is -1.29. The Hall–Kier alpha value is -0.970. The summed E-state index contributed by atoms with van der Waals surface area (Å²) < 4.78 is 23.3. The summed E-state index contributed by atoms with van der Waals surface area (Å²) in [5, 5.41) is 9.37. The highest BCUT2D eigenvalue weighted by Crippen LogP contribution is 2.17. The van der Waals surface area contributed by atoms with Crippen molar-refractivity contribution in [1.82, 2.24) is 0 Å². The Balaban J connectivity index is 1.73. The largest absolute Gasteiger partial charge is 0.387 e. The second-order valence-electron chi connectivity index (χ2n) is 3.88. The molecule has 1 fully saturated rings. The van der Waals surface area contributed by atoms with E-state index < -0.39 is 18.4 Å². The van der Waals surface area contributed by atoms with E-state index in [0.29, 0.717) is 6.61 Å². The summed E-state index contributed by atoms with van der Waals surface area (Å²) in [5.41, 5.74) is 1.05. The van der Waals surface area contributed by atoms with Crippen LogP contribution < -0.4 is 0 Å². The molecule has 1 aliphatic rings. The monoisotopic (exact) mass is 226 g/mol. The van der Waals surface area contributed by atoms with Crippen molar-refractivity contribution in [2.75, 3.05) is 13.2 Å². The van der Waals surface area contributed by atoms with Crippen molar-refractivity contribution in [1.29, 1.82) is 0 Å². The molecule has 1 heterocycles. The van der Waals surface area contributed by atoms with Crippen LogP contribution in [0.25, 0.3) is 0 Å². The molecule has 0 spiro atoms. The van der Waals surface area contributed by atoms with Crippen LogP contribution in [0.3, 0.4) is 0 Å². The number of aliphatic hydroxyl groups excluding tert-OH is 1. The lowest BCUT2D eigenvalue weighted by Crippen LogP contribution is -2.31. The minimum absolute atomic E-state index is 0.0411. The van der Waals surface area contributed by atoms with Gasteiger partial charge in [-0.05, 0) is 5.56 Å². The van der Waals surface area contributed by atoms with Crippen molar-refractivity contribution in [3.8, 4) is 0 Å². The number of rotatable bonds is 4. The quantitative estimate of drug-likeness (QED) is 0.841. The molecule has 1 aromatic rings. The smallest absolute Gasteiger partial charge is 0.152 e. The molecule has 2 rings (SSSR count). The molecule has 3 atom stereocenters. The lowest BCUT2D eigenvalue weighted by Gasteiger charge is -2.14. The second-order valence-corrected chi connectivity index (χ2v) is 3.88. The first-order valence-corrected chi connectivity index (χ1v) is 5.33. The van der Waals surface area contributed by atoms with E-state index in [1.807, 2.05) is 30.3 Å². The molecule has 1 aliphatic heterocycles. The van der Waals surface area contributed by atoms with Gasteiger partial charge in [0.15, 0.2) is 6.17 Å². The van der Waals surface area contributed by atoms with Crippen LogP contribution in [-0.2, 0) is 16.1 Å². The van der Waals surface area contributed by atoms with E-state index in [9.17, 15) is 9.50 Å². The molecule has 88 valence electrons. The van der Waals surface area contributed by atoms with E-state index in [0.717, 1.165) is 5.56 Å². The fourth-order valence-electron chi connectivity index (χ4n) is 1.66. The van der Waals surface area contributed by atoms with Crippen molar-refractivity contribution in [3.63, 3.8) is 0 Å². The number of alkyl halides is 1. The van der Waals surface area contributed by atoms with Gasteiger partial charge in [0.25, 0.3) is 0 Å². The van der Waals surface area contributed by atoms with Crippen molar-refractivity contribution < 1.29 is 19.0 Å². The molecule has 1 N–H and O–H groups in total. The highest BCUT2D eigenvalue weighted by molar-refractivity contribution is 5.13. The first kappa shape index (κ1) is 11.5. The van der Waals surface area contributed by atoms with E-state index in [1.54, 1.807) is 0 Å². The molecular formula is C12H15FO3. The van der Waals surface area contributed by atoms with Crippen LogP contribution in [-0.4, -0.2) is 36.7 Å². The maximum absolute atomic E-state index is 12.9. The Morgan fingerprint density at radius 3 is 2.75 bits per heavy atom. The summed E-state index contributed by atoms with van der Waals surface area (Å²) in [6.45, 7) is 0.626. The summed E-state index contributed by atoms with van der Waals surface area (Å²) in [6.07, 6.45) is -2.89. The Labute approximate surface area is 93.8 Å². The SMILES string of the molecule is O[C@H]1[C@H](F)CO[C@H]1COCc1ccccc1. The molecule has 1 aromatic carbocycles. The number of halogens is 1. The van der Waals surface area contributed by atoms with Crippen LogP contribution >= 0.6 is 0 Å². The van der Waals surface area contributed by atoms with Crippen LogP contribution in [0, 0.1) is 0 Å². The van der Waals surface area contributed by atoms with Crippen LogP contribution in [0.2, 0.25) is 0 Å². The third kappa shape index (κ3) is 2.78. The molecular weight excluding hydrogens is 211 g/mol. The molecule has 0 aliphatic carbocycles. The van der Waals surface area contributed by atoms with Gasteiger partial charge in [0.1, 0.15) is 12.2 Å². The molecule has 0 amide bonds. The molecule has 0 unspecified atom stereocenters. The zero-order valence-electron chi connectivity index (χ0n) is 8.88. The fraction of sp³-hybridized carbons (Fsp3) is 0.500. The standard InChI is InChI=1S/C12H15FO3/c13-10-7-16-11(12(10)14)8-15-6-9-4-2-1-3-5-9/h1-5,10-12,14H,6-8H2/t10-,11+,12+/m1/s1. The summed E-state index contributed by atoms with van der Waals surface area (Å²) in [4.78, 5) is 0. The first-order valence-electron chi connectivity index (χ1n) is 5.33. The zero-order valence-corrected chi connectivity index (χ0v) is 8.88. The van der Waals surface area contributed by atoms with E-state index in [-0.39, 0.29) is 13.2 Å². The predicted molar refractivity (Wildman–Crippen MR) is 56.7 cm³/mol. The molecule has 16 heavy (non-hydrogen) atoms. The summed E-state index contributed by atoms with van der Waals surface area (Å²) in [7, 11) is 0. The van der Waals surface area contributed by atoms with Crippen LogP contribution in [0.4, 0.5) is 4.39 Å². The summed E-state index contributed by atoms with van der Waals surface area (Å²) in [6, 6.07) is 9.68. The van der Waals surface area contributed by atoms with Gasteiger partial charge in [0.2, 0.25) is 0 Å². The van der Waals surface area contributed by atoms with Crippen LogP contribution in [0.5, 0.6) is 0 Å². The Morgan fingerprint density at radius 2 is 2.12 bits per heavy atom. The predicted octanol–water partition coefficient (Wildman–Crippen LogP) is 1.30. The van der Waals surface area contributed by atoms with E-state index in [2.05, 4.69) is 0 Å². The zero-order chi connectivity index (χ0) is 11.4. The molecule has 0 aromatic heterocycles. The maximum atomic E-state index is 12.9. The number of hydrogen-bond acceptors (Lipinski definition) is 3. The Morgan fingerprint density at radius 1 is 1.38 bits per heavy atom. The van der Waals surface area contributed by atoms with Gasteiger partial charge in [-0.3, -0.25) is 0 Å². The van der Waals surface area contributed by atoms with Gasteiger partial charge in [0.05, 0.1) is 19.8 Å². The van der Waals surface area contributed by atoms with Gasteiger partial charge < -0.3 is 14.6 Å². The molecule has 0 bridgehead atoms. The average Bonchev–Trinajstić information content (AvgIpc) is 2.62. The molecule has 0 saturated carbocycles. The molecule has 0 radical (unpaired) electrons. The van der Waals surface area contributed by atoms with Gasteiger partial charge in [-0.2, -0.15) is 0 Å². The van der Waals surface area contributed by atoms with Crippen molar-refractivity contribution in [3.05, 3.63) is 35.9 Å². The van der Waals surface area contributed by atoms with Crippen molar-refractivity contribution in [2.45, 2.75) is 25.0 Å². The van der Waals surface area contributed by atoms with Gasteiger partial charge in [0, 0.05) is 0 Å². The van der Waals surface area contributed by atoms with Gasteiger partial charge >= 0.3 is 0 Å². The van der Waals surface area contributed by atoms with Gasteiger partial charge in [-0.25, -0.2) is 4.39 Å². The maximum Gasteiger partial charge on any atom is 0.152 e. The first-order chi connectivity index (χ1) is 7.77. The molecule has 1 saturated heterocycles. The second kappa shape index (κ2) is 5.39. The lowest BCUT2D eigenvalue weighted by molar-refractivity contribution is -0.0312. The molecule has 4 heteroatoms. The van der Waals surface area contributed by atoms with Crippen LogP contribution in [0.1, 0.15) is 5.56 Å². The minimum Gasteiger partial charge on any atom is -0.387 e. The number of benzene rings is 1. The summed E-state index contributed by atoms with van der Waals surface area (Å²) in [5.74, 6) is 0. The van der Waals surface area contributed by atoms with Gasteiger partial charge in [-0.1, -0.05) is 30.3 Å². The highest BCUT2D eigenvalue weighted by atomic mass is 19.1. The summed E-state index contributed by atoms with van der Waals surface area (Å²) >= 11 is 0. The Kier molecular flexibility index (Phi) is 3.88. The van der Waals surface area contributed by atoms with Gasteiger partial charge in [-0.15, -0.1) is 0 Å². The number of hydrogen-bond donors (Lipinski definition) is 1. The number of ether oxygens (including phenoxy) is 2. The van der Waals surface area contributed by atoms with Crippen LogP contribution in [0.15, 0.2) is 30.3 Å². The lowest BCUT2D eigenvalue weighted by atomic mass is 10.2. The van der Waals surface area contributed by atoms with E-state index >= 15 is 0 Å². The third-order valence-electron chi connectivity index (χ3n) is 2.61.